The maximum atomic E-state index is 9.89. The van der Waals surface area contributed by atoms with E-state index in [9.17, 15) is 9.90 Å². The SMILES string of the molecule is CC(C)(C)C.CC(C)(CO)/C(O)=C/C(N)=NC=O.CO. The summed E-state index contributed by atoms with van der Waals surface area (Å²) >= 11 is 0. The molecule has 0 fully saturated rings. The molecule has 0 saturated carbocycles. The first-order valence-electron chi connectivity index (χ1n) is 6.17. The fraction of sp³-hybridized carbons (Fsp3) is 0.714. The van der Waals surface area contributed by atoms with Gasteiger partial charge in [0.05, 0.1) is 6.61 Å². The molecular weight excluding hydrogens is 260 g/mol. The molecule has 0 aliphatic rings. The zero-order valence-electron chi connectivity index (χ0n) is 13.6. The fourth-order valence-corrected chi connectivity index (χ4v) is 0.515. The molecule has 0 aromatic carbocycles. The lowest BCUT2D eigenvalue weighted by Crippen LogP contribution is -2.22. The Balaban J connectivity index is -0.000000346. The van der Waals surface area contributed by atoms with Crippen molar-refractivity contribution in [3.8, 4) is 0 Å². The Hall–Kier alpha value is -1.40. The molecule has 6 heteroatoms. The molecule has 0 rings (SSSR count). The van der Waals surface area contributed by atoms with Crippen LogP contribution in [0.25, 0.3) is 0 Å². The van der Waals surface area contributed by atoms with Crippen molar-refractivity contribution in [2.75, 3.05) is 13.7 Å². The summed E-state index contributed by atoms with van der Waals surface area (Å²) in [4.78, 5) is 13.1. The number of aliphatic imine (C=N–C) groups is 1. The van der Waals surface area contributed by atoms with E-state index in [4.69, 9.17) is 15.9 Å². The van der Waals surface area contributed by atoms with Gasteiger partial charge >= 0.3 is 0 Å². The molecule has 0 atom stereocenters. The summed E-state index contributed by atoms with van der Waals surface area (Å²) in [6, 6.07) is 0. The van der Waals surface area contributed by atoms with Crippen molar-refractivity contribution in [1.29, 1.82) is 0 Å². The minimum atomic E-state index is -0.775. The van der Waals surface area contributed by atoms with E-state index in [0.717, 1.165) is 13.2 Å². The molecule has 1 amide bonds. The molecule has 0 aromatic rings. The standard InChI is InChI=1S/C8H14N2O3.C5H12.CH4O/c1-8(2,4-11)6(13)3-7(9)10-5-12;1-5(2,3)4;1-2/h3,5,11,13H,4H2,1-2H3,(H2,9,10,12);1-4H3;2H,1H3/b6-3-;;. The second-order valence-corrected chi connectivity index (χ2v) is 6.23. The van der Waals surface area contributed by atoms with Gasteiger partial charge in [-0.05, 0) is 5.41 Å². The molecular formula is C14H30N2O4. The summed E-state index contributed by atoms with van der Waals surface area (Å²) in [7, 11) is 1.00. The third-order valence-electron chi connectivity index (χ3n) is 1.58. The highest BCUT2D eigenvalue weighted by Gasteiger charge is 2.21. The van der Waals surface area contributed by atoms with Crippen molar-refractivity contribution in [2.24, 2.45) is 21.6 Å². The minimum Gasteiger partial charge on any atom is -0.512 e. The fourth-order valence-electron chi connectivity index (χ4n) is 0.515. The highest BCUT2D eigenvalue weighted by atomic mass is 16.3. The van der Waals surface area contributed by atoms with E-state index in [1.165, 1.54) is 0 Å². The number of hydrogen-bond donors (Lipinski definition) is 4. The van der Waals surface area contributed by atoms with E-state index >= 15 is 0 Å². The number of aliphatic hydroxyl groups is 3. The van der Waals surface area contributed by atoms with E-state index in [1.54, 1.807) is 13.8 Å². The van der Waals surface area contributed by atoms with Gasteiger partial charge in [-0.3, -0.25) is 4.79 Å². The second-order valence-electron chi connectivity index (χ2n) is 6.23. The lowest BCUT2D eigenvalue weighted by molar-refractivity contribution is -0.106. The normalized spacial score (nSPS) is 12.7. The minimum absolute atomic E-state index is 0.0889. The van der Waals surface area contributed by atoms with Crippen LogP contribution in [0.5, 0.6) is 0 Å². The van der Waals surface area contributed by atoms with Crippen LogP contribution >= 0.6 is 0 Å². The number of aliphatic hydroxyl groups excluding tert-OH is 3. The molecule has 0 aliphatic heterocycles. The molecule has 6 nitrogen and oxygen atoms in total. The number of rotatable bonds is 4. The average Bonchev–Trinajstić information content (AvgIpc) is 2.29. The van der Waals surface area contributed by atoms with E-state index < -0.39 is 5.41 Å². The van der Waals surface area contributed by atoms with Crippen LogP contribution in [-0.4, -0.2) is 41.3 Å². The van der Waals surface area contributed by atoms with Crippen LogP contribution in [0, 0.1) is 10.8 Å². The first-order chi connectivity index (χ1) is 8.94. The molecule has 0 unspecified atom stereocenters. The summed E-state index contributed by atoms with van der Waals surface area (Å²) in [6.45, 7) is 11.8. The highest BCUT2D eigenvalue weighted by molar-refractivity contribution is 5.95. The number of nitrogens with two attached hydrogens (primary N) is 1. The van der Waals surface area contributed by atoms with E-state index in [0.29, 0.717) is 5.41 Å². The number of amidine groups is 1. The third-order valence-corrected chi connectivity index (χ3v) is 1.58. The van der Waals surface area contributed by atoms with Gasteiger partial charge in [0.15, 0.2) is 0 Å². The Morgan fingerprint density at radius 2 is 1.50 bits per heavy atom. The van der Waals surface area contributed by atoms with Crippen LogP contribution in [0.15, 0.2) is 16.8 Å². The summed E-state index contributed by atoms with van der Waals surface area (Å²) in [5.41, 5.74) is 4.96. The zero-order chi connectivity index (χ0) is 17.0. The third kappa shape index (κ3) is 19.0. The Kier molecular flexibility index (Phi) is 13.5. The monoisotopic (exact) mass is 290 g/mol. The number of nitrogens with zero attached hydrogens (tertiary/aromatic N) is 1. The largest absolute Gasteiger partial charge is 0.512 e. The van der Waals surface area contributed by atoms with Gasteiger partial charge in [-0.15, -0.1) is 0 Å². The molecule has 0 radical (unpaired) electrons. The van der Waals surface area contributed by atoms with Crippen LogP contribution in [0.2, 0.25) is 0 Å². The van der Waals surface area contributed by atoms with Crippen LogP contribution in [0.3, 0.4) is 0 Å². The van der Waals surface area contributed by atoms with Gasteiger partial charge in [0, 0.05) is 18.6 Å². The summed E-state index contributed by atoms with van der Waals surface area (Å²) < 4.78 is 0. The predicted molar refractivity (Wildman–Crippen MR) is 82.5 cm³/mol. The second kappa shape index (κ2) is 11.4. The van der Waals surface area contributed by atoms with Crippen molar-refractivity contribution >= 4 is 12.2 Å². The molecule has 0 aliphatic carbocycles. The van der Waals surface area contributed by atoms with Crippen molar-refractivity contribution in [1.82, 2.24) is 0 Å². The maximum absolute atomic E-state index is 9.89. The Morgan fingerprint density at radius 1 is 1.15 bits per heavy atom. The van der Waals surface area contributed by atoms with Crippen LogP contribution < -0.4 is 5.73 Å². The van der Waals surface area contributed by atoms with Crippen molar-refractivity contribution in [3.05, 3.63) is 11.8 Å². The van der Waals surface area contributed by atoms with Gasteiger partial charge in [-0.25, -0.2) is 0 Å². The van der Waals surface area contributed by atoms with Gasteiger partial charge in [0.1, 0.15) is 11.6 Å². The van der Waals surface area contributed by atoms with Crippen molar-refractivity contribution in [3.63, 3.8) is 0 Å². The topological polar surface area (TPSA) is 116 Å². The molecule has 20 heavy (non-hydrogen) atoms. The Morgan fingerprint density at radius 3 is 1.75 bits per heavy atom. The van der Waals surface area contributed by atoms with Crippen LogP contribution in [0.1, 0.15) is 41.5 Å². The van der Waals surface area contributed by atoms with Gasteiger partial charge in [-0.1, -0.05) is 41.5 Å². The molecule has 5 N–H and O–H groups in total. The first kappa shape index (κ1) is 23.7. The summed E-state index contributed by atoms with van der Waals surface area (Å²) in [5.74, 6) is -0.202. The Labute approximate surface area is 122 Å². The van der Waals surface area contributed by atoms with Crippen molar-refractivity contribution in [2.45, 2.75) is 41.5 Å². The maximum Gasteiger partial charge on any atom is 0.234 e. The lowest BCUT2D eigenvalue weighted by Gasteiger charge is -2.20. The van der Waals surface area contributed by atoms with E-state index in [1.807, 2.05) is 0 Å². The number of carbonyl (C=O) groups excluding carboxylic acids is 1. The molecule has 0 bridgehead atoms. The highest BCUT2D eigenvalue weighted by Crippen LogP contribution is 2.22. The van der Waals surface area contributed by atoms with Gasteiger partial charge in [0.2, 0.25) is 6.41 Å². The lowest BCUT2D eigenvalue weighted by atomic mass is 9.92. The molecule has 120 valence electrons. The van der Waals surface area contributed by atoms with Crippen LogP contribution in [0.4, 0.5) is 0 Å². The summed E-state index contributed by atoms with van der Waals surface area (Å²) in [6.07, 6.45) is 1.43. The summed E-state index contributed by atoms with van der Waals surface area (Å²) in [5, 5.41) is 25.3. The van der Waals surface area contributed by atoms with Crippen LogP contribution in [-0.2, 0) is 4.79 Å². The number of amides is 1. The van der Waals surface area contributed by atoms with Crippen molar-refractivity contribution < 1.29 is 20.1 Å². The van der Waals surface area contributed by atoms with Gasteiger partial charge in [0.25, 0.3) is 0 Å². The predicted octanol–water partition coefficient (Wildman–Crippen LogP) is 1.62. The van der Waals surface area contributed by atoms with E-state index in [-0.39, 0.29) is 24.6 Å². The quantitative estimate of drug-likeness (QED) is 0.272. The molecule has 0 spiro atoms. The van der Waals surface area contributed by atoms with E-state index in [2.05, 4.69) is 32.7 Å². The Bertz CT molecular complexity index is 310. The molecule has 0 heterocycles. The smallest absolute Gasteiger partial charge is 0.234 e. The first-order valence-corrected chi connectivity index (χ1v) is 6.17. The molecule has 0 aromatic heterocycles. The zero-order valence-corrected chi connectivity index (χ0v) is 13.6. The number of carbonyl (C=O) groups is 1. The number of hydrogen-bond acceptors (Lipinski definition) is 4. The van der Waals surface area contributed by atoms with Gasteiger partial charge in [-0.2, -0.15) is 4.99 Å². The van der Waals surface area contributed by atoms with Gasteiger partial charge < -0.3 is 21.1 Å². The average molecular weight is 290 g/mol. The molecule has 0 saturated heterocycles.